The maximum Gasteiger partial charge on any atom is 0.433 e. The van der Waals surface area contributed by atoms with Crippen LogP contribution in [0.25, 0.3) is 5.65 Å². The van der Waals surface area contributed by atoms with E-state index in [2.05, 4.69) is 20.6 Å². The van der Waals surface area contributed by atoms with Crippen LogP contribution >= 0.6 is 0 Å². The zero-order valence-corrected chi connectivity index (χ0v) is 21.9. The van der Waals surface area contributed by atoms with Crippen LogP contribution in [-0.2, 0) is 12.8 Å². The van der Waals surface area contributed by atoms with Gasteiger partial charge in [-0.3, -0.25) is 9.20 Å². The van der Waals surface area contributed by atoms with Gasteiger partial charge in [0.05, 0.1) is 28.7 Å². The fraction of sp³-hybridized carbons (Fsp3) is 0.321. The second-order valence-electron chi connectivity index (χ2n) is 9.75. The van der Waals surface area contributed by atoms with Crippen LogP contribution in [0.1, 0.15) is 64.5 Å². The number of aromatic nitrogens is 3. The lowest BCUT2D eigenvalue weighted by Gasteiger charge is -2.32. The Morgan fingerprint density at radius 3 is 2.55 bits per heavy atom. The standard InChI is InChI=1S/C28H26F5N5O2/c1-4-16-11-21(24-20(35-16)8-9-23(37-24)28(31,32)33)36-27(39)25-15(3)34-26-22(10-14(2)12-38(25)26)40-13-17-18(29)6-5-7-19(17)30/h5-10,12,16,21,35H,4,11,13H2,1-3H3,(H,36,39). The average molecular weight is 560 g/mol. The van der Waals surface area contributed by atoms with Crippen LogP contribution in [0.2, 0.25) is 0 Å². The number of nitrogens with one attached hydrogen (secondary N) is 2. The van der Waals surface area contributed by atoms with Crippen LogP contribution in [0.3, 0.4) is 0 Å². The van der Waals surface area contributed by atoms with Gasteiger partial charge in [0.25, 0.3) is 5.91 Å². The number of aryl methyl sites for hydroxylation is 2. The number of imidazole rings is 1. The second kappa shape index (κ2) is 10.4. The van der Waals surface area contributed by atoms with Crippen LogP contribution in [0.15, 0.2) is 42.6 Å². The van der Waals surface area contributed by atoms with Crippen molar-refractivity contribution in [1.82, 2.24) is 19.7 Å². The summed E-state index contributed by atoms with van der Waals surface area (Å²) in [5, 5.41) is 6.04. The van der Waals surface area contributed by atoms with Crippen molar-refractivity contribution in [1.29, 1.82) is 0 Å². The smallest absolute Gasteiger partial charge is 0.433 e. The number of ether oxygens (including phenoxy) is 1. The van der Waals surface area contributed by atoms with Crippen LogP contribution in [0.5, 0.6) is 5.75 Å². The van der Waals surface area contributed by atoms with Gasteiger partial charge < -0.3 is 15.4 Å². The first-order valence-corrected chi connectivity index (χ1v) is 12.7. The minimum atomic E-state index is -4.64. The normalized spacial score (nSPS) is 16.9. The highest BCUT2D eigenvalue weighted by atomic mass is 19.4. The summed E-state index contributed by atoms with van der Waals surface area (Å²) in [5.74, 6) is -1.86. The molecule has 4 heterocycles. The van der Waals surface area contributed by atoms with E-state index in [1.165, 1.54) is 16.5 Å². The number of carbonyl (C=O) groups excluding carboxylic acids is 1. The predicted octanol–water partition coefficient (Wildman–Crippen LogP) is 6.29. The van der Waals surface area contributed by atoms with E-state index in [1.807, 2.05) is 6.92 Å². The first-order valence-electron chi connectivity index (χ1n) is 12.7. The van der Waals surface area contributed by atoms with Crippen molar-refractivity contribution in [3.05, 3.63) is 88.1 Å². The van der Waals surface area contributed by atoms with Crippen molar-refractivity contribution in [2.24, 2.45) is 0 Å². The first kappa shape index (κ1) is 27.4. The number of amides is 1. The molecule has 1 aliphatic heterocycles. The number of carbonyl (C=O) groups is 1. The maximum atomic E-state index is 14.1. The fourth-order valence-corrected chi connectivity index (χ4v) is 4.88. The number of benzene rings is 1. The van der Waals surface area contributed by atoms with Gasteiger partial charge in [0, 0.05) is 12.2 Å². The minimum Gasteiger partial charge on any atom is -0.485 e. The molecule has 0 bridgehead atoms. The molecule has 0 radical (unpaired) electrons. The number of pyridine rings is 2. The first-order chi connectivity index (χ1) is 19.0. The molecule has 3 aromatic heterocycles. The molecule has 1 aliphatic rings. The molecule has 210 valence electrons. The Balaban J connectivity index is 1.48. The molecule has 2 N–H and O–H groups in total. The molecular weight excluding hydrogens is 533 g/mol. The maximum absolute atomic E-state index is 14.1. The lowest BCUT2D eigenvalue weighted by atomic mass is 9.95. The van der Waals surface area contributed by atoms with Crippen molar-refractivity contribution >= 4 is 17.2 Å². The molecular formula is C28H26F5N5O2. The third-order valence-corrected chi connectivity index (χ3v) is 6.87. The monoisotopic (exact) mass is 559 g/mol. The van der Waals surface area contributed by atoms with Crippen LogP contribution in [-0.4, -0.2) is 26.3 Å². The molecule has 7 nitrogen and oxygen atoms in total. The quantitative estimate of drug-likeness (QED) is 0.272. The van der Waals surface area contributed by atoms with Crippen molar-refractivity contribution in [2.75, 3.05) is 5.32 Å². The average Bonchev–Trinajstić information content (AvgIpc) is 3.23. The van der Waals surface area contributed by atoms with E-state index >= 15 is 0 Å². The van der Waals surface area contributed by atoms with E-state index in [0.717, 1.165) is 18.2 Å². The number of halogens is 5. The van der Waals surface area contributed by atoms with Crippen LogP contribution < -0.4 is 15.4 Å². The zero-order valence-electron chi connectivity index (χ0n) is 21.9. The highest BCUT2D eigenvalue weighted by Crippen LogP contribution is 2.36. The molecule has 2 atom stereocenters. The Bertz CT molecular complexity index is 1580. The molecule has 0 saturated carbocycles. The highest BCUT2D eigenvalue weighted by molar-refractivity contribution is 5.95. The number of hydrogen-bond donors (Lipinski definition) is 2. The SMILES string of the molecule is CCC1CC(NC(=O)c2c(C)nc3c(OCc4c(F)cccc4F)cc(C)cn23)c2nc(C(F)(F)F)ccc2N1. The van der Waals surface area contributed by atoms with E-state index in [0.29, 0.717) is 29.8 Å². The Kier molecular flexibility index (Phi) is 7.11. The zero-order chi connectivity index (χ0) is 28.8. The molecule has 0 aliphatic carbocycles. The van der Waals surface area contributed by atoms with Crippen LogP contribution in [0.4, 0.5) is 27.6 Å². The lowest BCUT2D eigenvalue weighted by molar-refractivity contribution is -0.141. The molecule has 0 saturated heterocycles. The summed E-state index contributed by atoms with van der Waals surface area (Å²) in [4.78, 5) is 21.9. The number of anilines is 1. The van der Waals surface area contributed by atoms with E-state index in [1.54, 1.807) is 26.1 Å². The summed E-state index contributed by atoms with van der Waals surface area (Å²) in [5.41, 5.74) is 0.659. The Hall–Kier alpha value is -4.22. The number of nitrogens with zero attached hydrogens (tertiary/aromatic N) is 3. The summed E-state index contributed by atoms with van der Waals surface area (Å²) in [6.07, 6.45) is -1.96. The topological polar surface area (TPSA) is 80.5 Å². The van der Waals surface area contributed by atoms with Gasteiger partial charge in [-0.1, -0.05) is 13.0 Å². The van der Waals surface area contributed by atoms with Crippen molar-refractivity contribution < 1.29 is 31.5 Å². The number of fused-ring (bicyclic) bond motifs is 2. The fourth-order valence-electron chi connectivity index (χ4n) is 4.88. The second-order valence-corrected chi connectivity index (χ2v) is 9.75. The van der Waals surface area contributed by atoms with Gasteiger partial charge in [0.1, 0.15) is 29.6 Å². The van der Waals surface area contributed by atoms with E-state index < -0.39 is 42.1 Å². The summed E-state index contributed by atoms with van der Waals surface area (Å²) in [7, 11) is 0. The third-order valence-electron chi connectivity index (χ3n) is 6.87. The summed E-state index contributed by atoms with van der Waals surface area (Å²) in [6, 6.07) is 6.52. The van der Waals surface area contributed by atoms with Gasteiger partial charge in [0.2, 0.25) is 0 Å². The highest BCUT2D eigenvalue weighted by Gasteiger charge is 2.36. The molecule has 4 aromatic rings. The number of alkyl halides is 3. The molecule has 1 amide bonds. The van der Waals surface area contributed by atoms with E-state index in [9.17, 15) is 26.7 Å². The summed E-state index contributed by atoms with van der Waals surface area (Å²) in [6.45, 7) is 4.90. The van der Waals surface area contributed by atoms with Crippen molar-refractivity contribution in [2.45, 2.75) is 58.5 Å². The number of hydrogen-bond acceptors (Lipinski definition) is 5. The molecule has 12 heteroatoms. The Morgan fingerprint density at radius 2 is 1.88 bits per heavy atom. The molecule has 5 rings (SSSR count). The van der Waals surface area contributed by atoms with Crippen molar-refractivity contribution in [3.8, 4) is 5.75 Å². The summed E-state index contributed by atoms with van der Waals surface area (Å²) < 4.78 is 75.7. The van der Waals surface area contributed by atoms with Gasteiger partial charge in [0.15, 0.2) is 11.4 Å². The van der Waals surface area contributed by atoms with Crippen LogP contribution in [0, 0.1) is 25.5 Å². The van der Waals surface area contributed by atoms with Gasteiger partial charge in [-0.25, -0.2) is 18.7 Å². The Labute approximate surface area is 226 Å². The molecule has 0 fully saturated rings. The van der Waals surface area contributed by atoms with E-state index in [4.69, 9.17) is 4.74 Å². The van der Waals surface area contributed by atoms with E-state index in [-0.39, 0.29) is 34.4 Å². The number of rotatable bonds is 6. The van der Waals surface area contributed by atoms with Gasteiger partial charge >= 0.3 is 6.18 Å². The summed E-state index contributed by atoms with van der Waals surface area (Å²) >= 11 is 0. The van der Waals surface area contributed by atoms with Gasteiger partial charge in [-0.05, 0) is 62.6 Å². The predicted molar refractivity (Wildman–Crippen MR) is 137 cm³/mol. The minimum absolute atomic E-state index is 0.0827. The molecule has 2 unspecified atom stereocenters. The Morgan fingerprint density at radius 1 is 1.15 bits per heavy atom. The molecule has 40 heavy (non-hydrogen) atoms. The third kappa shape index (κ3) is 5.17. The molecule has 0 spiro atoms. The lowest BCUT2D eigenvalue weighted by Crippen LogP contribution is -2.38. The van der Waals surface area contributed by atoms with Crippen molar-refractivity contribution in [3.63, 3.8) is 0 Å². The largest absolute Gasteiger partial charge is 0.485 e. The molecule has 1 aromatic carbocycles. The van der Waals surface area contributed by atoms with Gasteiger partial charge in [-0.15, -0.1) is 0 Å². The van der Waals surface area contributed by atoms with Gasteiger partial charge in [-0.2, -0.15) is 13.2 Å².